The molecular formula is C19H23N3O. The maximum atomic E-state index is 12.3. The summed E-state index contributed by atoms with van der Waals surface area (Å²) in [4.78, 5) is 20.7. The van der Waals surface area contributed by atoms with E-state index in [1.54, 1.807) is 12.4 Å². The standard InChI is InChI=1S/C19H23N3O/c1-21(19(23)12-16-6-5-10-20-13-16)14-17-9-11-22(15-17)18-7-3-2-4-8-18/h2-8,10,13,17H,9,11-12,14-15H2,1H3/t17-/m0/s1. The fourth-order valence-electron chi connectivity index (χ4n) is 3.16. The van der Waals surface area contributed by atoms with Crippen molar-refractivity contribution in [2.45, 2.75) is 12.8 Å². The number of carbonyl (C=O) groups excluding carboxylic acids is 1. The van der Waals surface area contributed by atoms with E-state index in [4.69, 9.17) is 0 Å². The lowest BCUT2D eigenvalue weighted by atomic mass is 10.1. The van der Waals surface area contributed by atoms with Crippen LogP contribution in [-0.2, 0) is 11.2 Å². The number of hydrogen-bond acceptors (Lipinski definition) is 3. The summed E-state index contributed by atoms with van der Waals surface area (Å²) in [5.74, 6) is 0.703. The largest absolute Gasteiger partial charge is 0.371 e. The highest BCUT2D eigenvalue weighted by atomic mass is 16.2. The highest BCUT2D eigenvalue weighted by Crippen LogP contribution is 2.24. The van der Waals surface area contributed by atoms with Crippen LogP contribution in [0.1, 0.15) is 12.0 Å². The van der Waals surface area contributed by atoms with Crippen LogP contribution in [0, 0.1) is 5.92 Å². The second-order valence-corrected chi connectivity index (χ2v) is 6.25. The van der Waals surface area contributed by atoms with E-state index in [-0.39, 0.29) is 5.91 Å². The molecule has 1 fully saturated rings. The van der Waals surface area contributed by atoms with Crippen molar-refractivity contribution in [2.75, 3.05) is 31.6 Å². The lowest BCUT2D eigenvalue weighted by Crippen LogP contribution is -2.34. The van der Waals surface area contributed by atoms with E-state index >= 15 is 0 Å². The predicted molar refractivity (Wildman–Crippen MR) is 92.3 cm³/mol. The van der Waals surface area contributed by atoms with Gasteiger partial charge in [-0.25, -0.2) is 0 Å². The molecule has 3 rings (SSSR count). The molecule has 2 heterocycles. The van der Waals surface area contributed by atoms with Crippen molar-refractivity contribution in [3.63, 3.8) is 0 Å². The van der Waals surface area contributed by atoms with Crippen molar-refractivity contribution < 1.29 is 4.79 Å². The molecule has 1 atom stereocenters. The van der Waals surface area contributed by atoms with E-state index in [1.165, 1.54) is 5.69 Å². The van der Waals surface area contributed by atoms with Crippen molar-refractivity contribution in [1.82, 2.24) is 9.88 Å². The third kappa shape index (κ3) is 4.09. The third-order valence-corrected chi connectivity index (χ3v) is 4.44. The number of pyridine rings is 1. The first-order valence-corrected chi connectivity index (χ1v) is 8.15. The quantitative estimate of drug-likeness (QED) is 0.852. The van der Waals surface area contributed by atoms with Crippen molar-refractivity contribution in [1.29, 1.82) is 0 Å². The molecule has 2 aromatic rings. The van der Waals surface area contributed by atoms with Gasteiger partial charge in [-0.2, -0.15) is 0 Å². The Morgan fingerprint density at radius 3 is 2.83 bits per heavy atom. The van der Waals surface area contributed by atoms with Gasteiger partial charge in [0.2, 0.25) is 5.91 Å². The monoisotopic (exact) mass is 309 g/mol. The van der Waals surface area contributed by atoms with Crippen molar-refractivity contribution >= 4 is 11.6 Å². The predicted octanol–water partition coefficient (Wildman–Crippen LogP) is 2.61. The molecule has 0 unspecified atom stereocenters. The minimum absolute atomic E-state index is 0.163. The molecule has 1 saturated heterocycles. The molecule has 1 aromatic heterocycles. The molecule has 23 heavy (non-hydrogen) atoms. The zero-order chi connectivity index (χ0) is 16.1. The summed E-state index contributed by atoms with van der Waals surface area (Å²) in [5, 5.41) is 0. The molecule has 1 aromatic carbocycles. The fraction of sp³-hybridized carbons (Fsp3) is 0.368. The molecule has 0 aliphatic carbocycles. The SMILES string of the molecule is CN(C[C@@H]1CCN(c2ccccc2)C1)C(=O)Cc1cccnc1. The number of anilines is 1. The minimum Gasteiger partial charge on any atom is -0.371 e. The smallest absolute Gasteiger partial charge is 0.226 e. The van der Waals surface area contributed by atoms with Gasteiger partial charge >= 0.3 is 0 Å². The summed E-state index contributed by atoms with van der Waals surface area (Å²) in [5.41, 5.74) is 2.25. The van der Waals surface area contributed by atoms with E-state index < -0.39 is 0 Å². The van der Waals surface area contributed by atoms with Crippen molar-refractivity contribution in [3.8, 4) is 0 Å². The lowest BCUT2D eigenvalue weighted by Gasteiger charge is -2.22. The molecule has 0 radical (unpaired) electrons. The molecule has 4 nitrogen and oxygen atoms in total. The number of hydrogen-bond donors (Lipinski definition) is 0. The summed E-state index contributed by atoms with van der Waals surface area (Å²) in [6.45, 7) is 2.91. The number of benzene rings is 1. The van der Waals surface area contributed by atoms with Gasteiger partial charge in [0.1, 0.15) is 0 Å². The zero-order valence-corrected chi connectivity index (χ0v) is 13.6. The van der Waals surface area contributed by atoms with Crippen LogP contribution in [0.5, 0.6) is 0 Å². The van der Waals surface area contributed by atoms with Gasteiger partial charge in [0.25, 0.3) is 0 Å². The van der Waals surface area contributed by atoms with Gasteiger partial charge < -0.3 is 9.80 Å². The first-order valence-electron chi connectivity index (χ1n) is 8.15. The van der Waals surface area contributed by atoms with E-state index in [2.05, 4.69) is 34.1 Å². The van der Waals surface area contributed by atoms with Crippen LogP contribution in [0.2, 0.25) is 0 Å². The average molecular weight is 309 g/mol. The molecular weight excluding hydrogens is 286 g/mol. The highest BCUT2D eigenvalue weighted by molar-refractivity contribution is 5.78. The molecule has 1 aliphatic rings. The maximum Gasteiger partial charge on any atom is 0.226 e. The second-order valence-electron chi connectivity index (χ2n) is 6.25. The Bertz CT molecular complexity index is 630. The minimum atomic E-state index is 0.163. The molecule has 120 valence electrons. The van der Waals surface area contributed by atoms with Crippen LogP contribution >= 0.6 is 0 Å². The van der Waals surface area contributed by atoms with E-state index in [0.717, 1.165) is 31.6 Å². The molecule has 0 N–H and O–H groups in total. The van der Waals surface area contributed by atoms with Gasteiger partial charge in [0, 0.05) is 44.8 Å². The maximum absolute atomic E-state index is 12.3. The van der Waals surface area contributed by atoms with Crippen molar-refractivity contribution in [2.24, 2.45) is 5.92 Å². The van der Waals surface area contributed by atoms with Crippen LogP contribution in [-0.4, -0.2) is 42.5 Å². The third-order valence-electron chi connectivity index (χ3n) is 4.44. The molecule has 4 heteroatoms. The topological polar surface area (TPSA) is 36.4 Å². The number of carbonyl (C=O) groups is 1. The first-order chi connectivity index (χ1) is 11.2. The summed E-state index contributed by atoms with van der Waals surface area (Å²) in [6.07, 6.45) is 5.06. The Balaban J connectivity index is 1.51. The van der Waals surface area contributed by atoms with E-state index in [1.807, 2.05) is 30.1 Å². The second kappa shape index (κ2) is 7.27. The van der Waals surface area contributed by atoms with Gasteiger partial charge in [-0.3, -0.25) is 9.78 Å². The highest BCUT2D eigenvalue weighted by Gasteiger charge is 2.25. The number of nitrogens with zero attached hydrogens (tertiary/aromatic N) is 3. The number of aromatic nitrogens is 1. The Morgan fingerprint density at radius 1 is 1.26 bits per heavy atom. The summed E-state index contributed by atoms with van der Waals surface area (Å²) in [7, 11) is 1.91. The average Bonchev–Trinajstić information content (AvgIpc) is 3.05. The molecule has 1 amide bonds. The number of likely N-dealkylation sites (N-methyl/N-ethyl adjacent to an activating group) is 1. The van der Waals surface area contributed by atoms with E-state index in [0.29, 0.717) is 12.3 Å². The van der Waals surface area contributed by atoms with Crippen LogP contribution < -0.4 is 4.90 Å². The Morgan fingerprint density at radius 2 is 2.09 bits per heavy atom. The Labute approximate surface area is 137 Å². The Hall–Kier alpha value is -2.36. The van der Waals surface area contributed by atoms with Crippen molar-refractivity contribution in [3.05, 3.63) is 60.4 Å². The van der Waals surface area contributed by atoms with Gasteiger partial charge in [-0.15, -0.1) is 0 Å². The number of para-hydroxylation sites is 1. The van der Waals surface area contributed by atoms with E-state index in [9.17, 15) is 4.79 Å². The first kappa shape index (κ1) is 15.5. The number of amides is 1. The zero-order valence-electron chi connectivity index (χ0n) is 13.6. The van der Waals surface area contributed by atoms with Gasteiger partial charge in [-0.05, 0) is 36.1 Å². The molecule has 1 aliphatic heterocycles. The molecule has 0 saturated carbocycles. The Kier molecular flexibility index (Phi) is 4.91. The normalized spacial score (nSPS) is 17.3. The summed E-state index contributed by atoms with van der Waals surface area (Å²) < 4.78 is 0. The summed E-state index contributed by atoms with van der Waals surface area (Å²) >= 11 is 0. The van der Waals surface area contributed by atoms with Crippen LogP contribution in [0.3, 0.4) is 0 Å². The van der Waals surface area contributed by atoms with Gasteiger partial charge in [0.05, 0.1) is 6.42 Å². The molecule has 0 bridgehead atoms. The summed E-state index contributed by atoms with van der Waals surface area (Å²) in [6, 6.07) is 14.3. The van der Waals surface area contributed by atoms with Crippen LogP contribution in [0.4, 0.5) is 5.69 Å². The van der Waals surface area contributed by atoms with Crippen LogP contribution in [0.15, 0.2) is 54.9 Å². The van der Waals surface area contributed by atoms with Gasteiger partial charge in [-0.1, -0.05) is 24.3 Å². The molecule has 0 spiro atoms. The van der Waals surface area contributed by atoms with Crippen LogP contribution in [0.25, 0.3) is 0 Å². The fourth-order valence-corrected chi connectivity index (χ4v) is 3.16. The lowest BCUT2D eigenvalue weighted by molar-refractivity contribution is -0.129. The number of rotatable bonds is 5. The van der Waals surface area contributed by atoms with Gasteiger partial charge in [0.15, 0.2) is 0 Å².